The first-order valence-electron chi connectivity index (χ1n) is 12.9. The van der Waals surface area contributed by atoms with Crippen LogP contribution >= 0.6 is 11.6 Å². The van der Waals surface area contributed by atoms with Crippen LogP contribution in [0.15, 0.2) is 24.3 Å². The van der Waals surface area contributed by atoms with Gasteiger partial charge in [0.1, 0.15) is 5.60 Å². The Morgan fingerprint density at radius 1 is 0.971 bits per heavy atom. The van der Waals surface area contributed by atoms with E-state index in [2.05, 4.69) is 10.6 Å². The molecule has 3 N–H and O–H groups in total. The molecule has 0 aromatic heterocycles. The van der Waals surface area contributed by atoms with Crippen LogP contribution in [0.2, 0.25) is 5.02 Å². The van der Waals surface area contributed by atoms with Gasteiger partial charge in [-0.2, -0.15) is 0 Å². The van der Waals surface area contributed by atoms with Crippen molar-refractivity contribution in [3.8, 4) is 0 Å². The Morgan fingerprint density at radius 2 is 1.49 bits per heavy atom. The van der Waals surface area contributed by atoms with Crippen molar-refractivity contribution in [2.75, 3.05) is 6.61 Å². The topological polar surface area (TPSA) is 96.9 Å². The summed E-state index contributed by atoms with van der Waals surface area (Å²) in [5, 5.41) is 15.8. The van der Waals surface area contributed by atoms with Gasteiger partial charge < -0.3 is 25.2 Å². The van der Waals surface area contributed by atoms with Crippen LogP contribution in [0.5, 0.6) is 0 Å². The first kappa shape index (κ1) is 29.4. The predicted octanol–water partition coefficient (Wildman–Crippen LogP) is 6.08. The van der Waals surface area contributed by atoms with Gasteiger partial charge in [-0.3, -0.25) is 0 Å². The van der Waals surface area contributed by atoms with E-state index in [1.54, 1.807) is 45.0 Å². The highest BCUT2D eigenvalue weighted by Gasteiger charge is 2.24. The van der Waals surface area contributed by atoms with Gasteiger partial charge in [0.15, 0.2) is 6.04 Å². The molecule has 2 aliphatic carbocycles. The summed E-state index contributed by atoms with van der Waals surface area (Å²) in [4.78, 5) is 22.7. The van der Waals surface area contributed by atoms with Crippen LogP contribution < -0.4 is 10.6 Å². The summed E-state index contributed by atoms with van der Waals surface area (Å²) in [5.74, 6) is -1.19. The molecule has 1 aromatic rings. The smallest absolute Gasteiger partial charge is 0.408 e. The number of nitrogens with one attached hydrogen (secondary N) is 2. The number of halogens is 1. The number of alkyl carbamates (subject to hydrolysis) is 1. The minimum atomic E-state index is -1.19. The minimum absolute atomic E-state index is 0.169. The third kappa shape index (κ3) is 13.2. The summed E-state index contributed by atoms with van der Waals surface area (Å²) in [6.45, 7) is 5.13. The number of benzene rings is 1. The number of aliphatic carboxylic acids is 1. The zero-order chi connectivity index (χ0) is 25.7. The Morgan fingerprint density at radius 3 is 1.94 bits per heavy atom. The van der Waals surface area contributed by atoms with Crippen molar-refractivity contribution < 1.29 is 24.2 Å². The molecule has 3 rings (SSSR count). The van der Waals surface area contributed by atoms with E-state index < -0.39 is 23.7 Å². The Kier molecular flexibility index (Phi) is 12.9. The SMILES string of the molecule is C1CCC(NC2CCCCC2)CC1.CC(C)(C)OC(=O)NC(COCc1ccc(Cl)cc1)C(=O)O. The van der Waals surface area contributed by atoms with Crippen molar-refractivity contribution in [1.29, 1.82) is 0 Å². The molecule has 1 aromatic carbocycles. The van der Waals surface area contributed by atoms with Crippen LogP contribution in [0, 0.1) is 0 Å². The van der Waals surface area contributed by atoms with Gasteiger partial charge in [0, 0.05) is 17.1 Å². The van der Waals surface area contributed by atoms with Gasteiger partial charge in [-0.15, -0.1) is 0 Å². The molecule has 1 amide bonds. The Labute approximate surface area is 215 Å². The number of carboxylic acids is 1. The van der Waals surface area contributed by atoms with Gasteiger partial charge in [0.05, 0.1) is 13.2 Å². The van der Waals surface area contributed by atoms with Crippen molar-refractivity contribution in [1.82, 2.24) is 10.6 Å². The zero-order valence-corrected chi connectivity index (χ0v) is 22.2. The maximum absolute atomic E-state index is 11.6. The third-order valence-corrected chi connectivity index (χ3v) is 6.39. The molecule has 0 spiro atoms. The summed E-state index contributed by atoms with van der Waals surface area (Å²) in [6, 6.07) is 7.55. The molecular formula is C27H43ClN2O5. The quantitative estimate of drug-likeness (QED) is 0.392. The number of carboxylic acid groups (broad SMARTS) is 1. The van der Waals surface area contributed by atoms with E-state index >= 15 is 0 Å². The molecule has 0 saturated heterocycles. The average molecular weight is 511 g/mol. The number of ether oxygens (including phenoxy) is 2. The number of hydrogen-bond donors (Lipinski definition) is 3. The lowest BCUT2D eigenvalue weighted by Gasteiger charge is -2.30. The molecule has 2 saturated carbocycles. The molecule has 2 aliphatic rings. The molecule has 198 valence electrons. The van der Waals surface area contributed by atoms with Gasteiger partial charge in [-0.05, 0) is 64.2 Å². The van der Waals surface area contributed by atoms with Crippen LogP contribution in [0.1, 0.15) is 90.5 Å². The van der Waals surface area contributed by atoms with E-state index in [0.29, 0.717) is 5.02 Å². The van der Waals surface area contributed by atoms with Crippen molar-refractivity contribution >= 4 is 23.7 Å². The fourth-order valence-electron chi connectivity index (χ4n) is 4.37. The minimum Gasteiger partial charge on any atom is -0.480 e. The summed E-state index contributed by atoms with van der Waals surface area (Å²) in [5.41, 5.74) is 0.155. The molecule has 0 bridgehead atoms. The van der Waals surface area contributed by atoms with Gasteiger partial charge in [0.25, 0.3) is 0 Å². The fourth-order valence-corrected chi connectivity index (χ4v) is 4.50. The number of carbonyl (C=O) groups is 2. The van der Waals surface area contributed by atoms with Gasteiger partial charge in [-0.25, -0.2) is 9.59 Å². The number of carbonyl (C=O) groups excluding carboxylic acids is 1. The largest absolute Gasteiger partial charge is 0.480 e. The Hall–Kier alpha value is -1.83. The highest BCUT2D eigenvalue weighted by molar-refractivity contribution is 6.30. The molecule has 0 aliphatic heterocycles. The Bertz CT molecular complexity index is 738. The Balaban J connectivity index is 0.000000279. The van der Waals surface area contributed by atoms with Crippen molar-refractivity contribution in [2.45, 2.75) is 115 Å². The van der Waals surface area contributed by atoms with Crippen molar-refractivity contribution in [3.05, 3.63) is 34.9 Å². The number of hydrogen-bond acceptors (Lipinski definition) is 5. The van der Waals surface area contributed by atoms with E-state index in [9.17, 15) is 9.59 Å². The zero-order valence-electron chi connectivity index (χ0n) is 21.5. The highest BCUT2D eigenvalue weighted by atomic mass is 35.5. The molecule has 1 atom stereocenters. The van der Waals surface area contributed by atoms with E-state index in [0.717, 1.165) is 17.6 Å². The maximum atomic E-state index is 11.6. The monoisotopic (exact) mass is 510 g/mol. The normalized spacial score (nSPS) is 18.2. The second-order valence-corrected chi connectivity index (χ2v) is 11.0. The lowest BCUT2D eigenvalue weighted by atomic mass is 9.91. The molecule has 0 radical (unpaired) electrons. The van der Waals surface area contributed by atoms with Crippen molar-refractivity contribution in [3.63, 3.8) is 0 Å². The maximum Gasteiger partial charge on any atom is 0.408 e. The first-order valence-corrected chi connectivity index (χ1v) is 13.3. The van der Waals surface area contributed by atoms with E-state index in [-0.39, 0.29) is 13.2 Å². The number of amides is 1. The molecule has 8 heteroatoms. The van der Waals surface area contributed by atoms with Crippen molar-refractivity contribution in [2.24, 2.45) is 0 Å². The standard InChI is InChI=1S/C15H20ClNO5.C12H23N/c1-15(2,3)22-14(20)17-12(13(18)19)9-21-8-10-4-6-11(16)7-5-10;1-3-7-11(8-4-1)13-12-9-5-2-6-10-12/h4-7,12H,8-9H2,1-3H3,(H,17,20)(H,18,19);11-13H,1-10H2. The molecule has 2 fully saturated rings. The molecule has 7 nitrogen and oxygen atoms in total. The van der Waals surface area contributed by atoms with E-state index in [1.165, 1.54) is 64.2 Å². The van der Waals surface area contributed by atoms with Gasteiger partial charge >= 0.3 is 12.1 Å². The molecular weight excluding hydrogens is 468 g/mol. The highest BCUT2D eigenvalue weighted by Crippen LogP contribution is 2.22. The summed E-state index contributed by atoms with van der Waals surface area (Å²) in [7, 11) is 0. The molecule has 35 heavy (non-hydrogen) atoms. The summed E-state index contributed by atoms with van der Waals surface area (Å²) in [6.07, 6.45) is 13.8. The number of rotatable bonds is 8. The van der Waals surface area contributed by atoms with Crippen LogP contribution in [0.4, 0.5) is 4.79 Å². The van der Waals surface area contributed by atoms with E-state index in [1.807, 2.05) is 0 Å². The van der Waals surface area contributed by atoms with Crippen LogP contribution in [-0.4, -0.2) is 47.5 Å². The first-order chi connectivity index (χ1) is 16.6. The second kappa shape index (κ2) is 15.3. The van der Waals surface area contributed by atoms with Crippen LogP contribution in [-0.2, 0) is 20.9 Å². The van der Waals surface area contributed by atoms with E-state index in [4.69, 9.17) is 26.2 Å². The summed E-state index contributed by atoms with van der Waals surface area (Å²) < 4.78 is 10.3. The van der Waals surface area contributed by atoms with Crippen LogP contribution in [0.25, 0.3) is 0 Å². The lowest BCUT2D eigenvalue weighted by molar-refractivity contribution is -0.141. The van der Waals surface area contributed by atoms with Crippen LogP contribution in [0.3, 0.4) is 0 Å². The third-order valence-electron chi connectivity index (χ3n) is 6.14. The fraction of sp³-hybridized carbons (Fsp3) is 0.704. The molecule has 0 heterocycles. The summed E-state index contributed by atoms with van der Waals surface area (Å²) >= 11 is 5.77. The molecule has 1 unspecified atom stereocenters. The van der Waals surface area contributed by atoms with Gasteiger partial charge in [0.2, 0.25) is 0 Å². The average Bonchev–Trinajstić information content (AvgIpc) is 2.80. The second-order valence-electron chi connectivity index (χ2n) is 10.5. The van der Waals surface area contributed by atoms with Gasteiger partial charge in [-0.1, -0.05) is 62.3 Å². The lowest BCUT2D eigenvalue weighted by Crippen LogP contribution is -2.46. The predicted molar refractivity (Wildman–Crippen MR) is 139 cm³/mol.